The van der Waals surface area contributed by atoms with Gasteiger partial charge in [-0.05, 0) is 50.8 Å². The number of sulfonamides is 1. The number of carbonyl (C=O) groups is 2. The van der Waals surface area contributed by atoms with Crippen LogP contribution in [0.15, 0.2) is 39.9 Å². The molecular weight excluding hydrogens is 434 g/mol. The van der Waals surface area contributed by atoms with E-state index in [0.29, 0.717) is 31.5 Å². The minimum absolute atomic E-state index is 0.0736. The zero-order valence-electron chi connectivity index (χ0n) is 17.5. The standard InChI is InChI=1S/C22H27N3O4S2/c1-16-4-6-19(7-5-16)23-21(26)17-8-12-25(13-9-17)31(28,29)20-14-18(15-30-20)22(27)24-10-2-3-11-24/h4-7,14-15,17H,2-3,8-13H2,1H3,(H,23,26). The van der Waals surface area contributed by atoms with E-state index in [2.05, 4.69) is 5.32 Å². The molecule has 2 aliphatic rings. The average molecular weight is 462 g/mol. The molecule has 2 amide bonds. The highest BCUT2D eigenvalue weighted by Gasteiger charge is 2.33. The van der Waals surface area contributed by atoms with Gasteiger partial charge in [0.1, 0.15) is 4.21 Å². The molecule has 0 unspecified atom stereocenters. The zero-order valence-corrected chi connectivity index (χ0v) is 19.2. The van der Waals surface area contributed by atoms with Gasteiger partial charge in [-0.15, -0.1) is 11.3 Å². The second-order valence-electron chi connectivity index (χ2n) is 8.19. The van der Waals surface area contributed by atoms with Gasteiger partial charge in [0.2, 0.25) is 5.91 Å². The molecule has 1 aromatic carbocycles. The van der Waals surface area contributed by atoms with E-state index in [-0.39, 0.29) is 21.9 Å². The molecule has 2 saturated heterocycles. The number of aryl methyl sites for hydroxylation is 1. The molecular formula is C22H27N3O4S2. The van der Waals surface area contributed by atoms with Gasteiger partial charge in [0, 0.05) is 43.2 Å². The second kappa shape index (κ2) is 9.10. The molecule has 2 aliphatic heterocycles. The van der Waals surface area contributed by atoms with Gasteiger partial charge in [-0.25, -0.2) is 8.42 Å². The first-order valence-corrected chi connectivity index (χ1v) is 12.9. The van der Waals surface area contributed by atoms with Crippen molar-refractivity contribution in [2.75, 3.05) is 31.5 Å². The Morgan fingerprint density at radius 2 is 1.68 bits per heavy atom. The number of anilines is 1. The summed E-state index contributed by atoms with van der Waals surface area (Å²) in [6.45, 7) is 4.04. The first kappa shape index (κ1) is 22.0. The van der Waals surface area contributed by atoms with Crippen LogP contribution in [-0.4, -0.2) is 55.6 Å². The summed E-state index contributed by atoms with van der Waals surface area (Å²) in [7, 11) is -3.66. The van der Waals surface area contributed by atoms with Gasteiger partial charge in [-0.2, -0.15) is 4.31 Å². The number of thiophene rings is 1. The summed E-state index contributed by atoms with van der Waals surface area (Å²) in [5.74, 6) is -0.388. The van der Waals surface area contributed by atoms with Crippen LogP contribution in [0.2, 0.25) is 0 Å². The minimum Gasteiger partial charge on any atom is -0.339 e. The highest BCUT2D eigenvalue weighted by molar-refractivity contribution is 7.91. The van der Waals surface area contributed by atoms with Crippen LogP contribution in [0.5, 0.6) is 0 Å². The lowest BCUT2D eigenvalue weighted by atomic mass is 9.97. The van der Waals surface area contributed by atoms with E-state index in [9.17, 15) is 18.0 Å². The van der Waals surface area contributed by atoms with Crippen molar-refractivity contribution in [3.8, 4) is 0 Å². The van der Waals surface area contributed by atoms with E-state index in [1.54, 1.807) is 10.3 Å². The van der Waals surface area contributed by atoms with Crippen LogP contribution in [0.1, 0.15) is 41.6 Å². The molecule has 31 heavy (non-hydrogen) atoms. The van der Waals surface area contributed by atoms with Crippen LogP contribution in [0.3, 0.4) is 0 Å². The Balaban J connectivity index is 1.36. The smallest absolute Gasteiger partial charge is 0.254 e. The fourth-order valence-electron chi connectivity index (χ4n) is 4.03. The lowest BCUT2D eigenvalue weighted by Crippen LogP contribution is -2.41. The summed E-state index contributed by atoms with van der Waals surface area (Å²) >= 11 is 1.09. The summed E-state index contributed by atoms with van der Waals surface area (Å²) in [6.07, 6.45) is 2.94. The number of likely N-dealkylation sites (tertiary alicyclic amines) is 1. The Bertz CT molecular complexity index is 1050. The molecule has 2 aromatic rings. The maximum Gasteiger partial charge on any atom is 0.254 e. The van der Waals surface area contributed by atoms with Crippen LogP contribution in [0, 0.1) is 12.8 Å². The number of benzene rings is 1. The molecule has 3 heterocycles. The summed E-state index contributed by atoms with van der Waals surface area (Å²) in [5.41, 5.74) is 2.31. The van der Waals surface area contributed by atoms with Crippen molar-refractivity contribution in [2.24, 2.45) is 5.92 Å². The van der Waals surface area contributed by atoms with Crippen LogP contribution in [0.25, 0.3) is 0 Å². The van der Waals surface area contributed by atoms with E-state index >= 15 is 0 Å². The monoisotopic (exact) mass is 461 g/mol. The van der Waals surface area contributed by atoms with Crippen LogP contribution in [-0.2, 0) is 14.8 Å². The van der Waals surface area contributed by atoms with Crippen molar-refractivity contribution in [2.45, 2.75) is 36.8 Å². The highest BCUT2D eigenvalue weighted by Crippen LogP contribution is 2.29. The van der Waals surface area contributed by atoms with E-state index in [1.165, 1.54) is 10.4 Å². The predicted molar refractivity (Wildman–Crippen MR) is 121 cm³/mol. The van der Waals surface area contributed by atoms with Crippen molar-refractivity contribution >= 4 is 38.9 Å². The number of hydrogen-bond acceptors (Lipinski definition) is 5. The predicted octanol–water partition coefficient (Wildman–Crippen LogP) is 3.33. The molecule has 4 rings (SSSR count). The third-order valence-corrected chi connectivity index (χ3v) is 9.27. The summed E-state index contributed by atoms with van der Waals surface area (Å²) in [5, 5.41) is 4.55. The highest BCUT2D eigenvalue weighted by atomic mass is 32.2. The second-order valence-corrected chi connectivity index (χ2v) is 11.3. The Morgan fingerprint density at radius 1 is 1.03 bits per heavy atom. The zero-order chi connectivity index (χ0) is 22.0. The number of nitrogens with zero attached hydrogens (tertiary/aromatic N) is 2. The number of amides is 2. The Labute approximate surface area is 187 Å². The van der Waals surface area contributed by atoms with Crippen molar-refractivity contribution in [3.63, 3.8) is 0 Å². The Kier molecular flexibility index (Phi) is 6.45. The lowest BCUT2D eigenvalue weighted by Gasteiger charge is -2.30. The number of piperidine rings is 1. The first-order valence-electron chi connectivity index (χ1n) is 10.6. The van der Waals surface area contributed by atoms with Gasteiger partial charge < -0.3 is 10.2 Å². The van der Waals surface area contributed by atoms with Gasteiger partial charge in [0.05, 0.1) is 5.56 Å². The van der Waals surface area contributed by atoms with E-state index in [4.69, 9.17) is 0 Å². The molecule has 0 atom stereocenters. The minimum atomic E-state index is -3.66. The third kappa shape index (κ3) is 4.83. The van der Waals surface area contributed by atoms with Crippen molar-refractivity contribution < 1.29 is 18.0 Å². The number of rotatable bonds is 5. The Morgan fingerprint density at radius 3 is 2.32 bits per heavy atom. The molecule has 0 spiro atoms. The fraction of sp³-hybridized carbons (Fsp3) is 0.455. The summed E-state index contributed by atoms with van der Waals surface area (Å²) in [4.78, 5) is 26.9. The first-order chi connectivity index (χ1) is 14.8. The molecule has 0 bridgehead atoms. The maximum atomic E-state index is 13.1. The van der Waals surface area contributed by atoms with Crippen molar-refractivity contribution in [1.29, 1.82) is 0 Å². The summed E-state index contributed by atoms with van der Waals surface area (Å²) in [6, 6.07) is 9.11. The molecule has 166 valence electrons. The molecule has 1 aromatic heterocycles. The normalized spacial score (nSPS) is 18.3. The van der Waals surface area contributed by atoms with Crippen LogP contribution in [0.4, 0.5) is 5.69 Å². The lowest BCUT2D eigenvalue weighted by molar-refractivity contribution is -0.120. The van der Waals surface area contributed by atoms with Crippen LogP contribution >= 0.6 is 11.3 Å². The maximum absolute atomic E-state index is 13.1. The molecule has 0 radical (unpaired) electrons. The van der Waals surface area contributed by atoms with Gasteiger partial charge in [-0.3, -0.25) is 9.59 Å². The summed E-state index contributed by atoms with van der Waals surface area (Å²) < 4.78 is 27.7. The quantitative estimate of drug-likeness (QED) is 0.740. The molecule has 7 nitrogen and oxygen atoms in total. The van der Waals surface area contributed by atoms with Crippen molar-refractivity contribution in [3.05, 3.63) is 46.8 Å². The van der Waals surface area contributed by atoms with E-state index < -0.39 is 10.0 Å². The number of carbonyl (C=O) groups excluding carboxylic acids is 2. The van der Waals surface area contributed by atoms with Crippen LogP contribution < -0.4 is 5.32 Å². The van der Waals surface area contributed by atoms with Gasteiger partial charge >= 0.3 is 0 Å². The number of nitrogens with one attached hydrogen (secondary N) is 1. The van der Waals surface area contributed by atoms with Gasteiger partial charge in [-0.1, -0.05) is 17.7 Å². The fourth-order valence-corrected chi connectivity index (χ4v) is 6.81. The SMILES string of the molecule is Cc1ccc(NC(=O)C2CCN(S(=O)(=O)c3cc(C(=O)N4CCCC4)cs3)CC2)cc1. The average Bonchev–Trinajstić information content (AvgIpc) is 3.48. The molecule has 0 saturated carbocycles. The third-order valence-electron chi connectivity index (χ3n) is 5.95. The number of hydrogen-bond donors (Lipinski definition) is 1. The Hall–Kier alpha value is -2.23. The topological polar surface area (TPSA) is 86.8 Å². The largest absolute Gasteiger partial charge is 0.339 e. The van der Waals surface area contributed by atoms with Gasteiger partial charge in [0.25, 0.3) is 15.9 Å². The molecule has 9 heteroatoms. The molecule has 1 N–H and O–H groups in total. The van der Waals surface area contributed by atoms with E-state index in [0.717, 1.165) is 48.5 Å². The molecule has 0 aliphatic carbocycles. The van der Waals surface area contributed by atoms with E-state index in [1.807, 2.05) is 31.2 Å². The van der Waals surface area contributed by atoms with Crippen molar-refractivity contribution in [1.82, 2.24) is 9.21 Å². The molecule has 2 fully saturated rings. The van der Waals surface area contributed by atoms with Gasteiger partial charge in [0.15, 0.2) is 0 Å².